The molecule has 3 nitrogen and oxygen atoms in total. The van der Waals surface area contributed by atoms with Gasteiger partial charge < -0.3 is 10.1 Å². The van der Waals surface area contributed by atoms with E-state index in [4.69, 9.17) is 0 Å². The molecule has 0 heterocycles. The Morgan fingerprint density at radius 3 is 3.00 bits per heavy atom. The second-order valence-corrected chi connectivity index (χ2v) is 3.58. The summed E-state index contributed by atoms with van der Waals surface area (Å²) in [4.78, 5) is 11.3. The molecule has 0 saturated heterocycles. The summed E-state index contributed by atoms with van der Waals surface area (Å²) in [6.45, 7) is 0.969. The third-order valence-electron chi connectivity index (χ3n) is 2.24. The number of rotatable bonds is 4. The average Bonchev–Trinajstić information content (AvgIpc) is 2.38. The van der Waals surface area contributed by atoms with E-state index in [1.54, 1.807) is 12.1 Å². The predicted octanol–water partition coefficient (Wildman–Crippen LogP) is 1.82. The zero-order valence-electron chi connectivity index (χ0n) is 10.2. The van der Waals surface area contributed by atoms with Crippen LogP contribution in [0.4, 0.5) is 0 Å². The van der Waals surface area contributed by atoms with Gasteiger partial charge in [0.05, 0.1) is 12.7 Å². The number of unbranched alkanes of at least 4 members (excludes halogenated alkanes) is 1. The molecule has 0 amide bonds. The molecule has 0 unspecified atom stereocenters. The first kappa shape index (κ1) is 13.3. The van der Waals surface area contributed by atoms with Gasteiger partial charge in [-0.3, -0.25) is 0 Å². The standard InChI is InChI=1S/C14H17NO2/c1-15-10-5-3-4-7-12-8-6-9-13(11-12)14(16)17-2/h6,8-9,11,15H,3,5,10H2,1-2H3. The molecule has 0 fully saturated rings. The molecule has 1 aromatic carbocycles. The second-order valence-electron chi connectivity index (χ2n) is 3.58. The highest BCUT2D eigenvalue weighted by Crippen LogP contribution is 2.05. The fourth-order valence-electron chi connectivity index (χ4n) is 1.36. The normalized spacial score (nSPS) is 9.29. The SMILES string of the molecule is CNCCCC#Cc1cccc(C(=O)OC)c1. The Kier molecular flexibility index (Phi) is 5.84. The molecule has 0 radical (unpaired) electrons. The van der Waals surface area contributed by atoms with Crippen molar-refractivity contribution in [3.05, 3.63) is 35.4 Å². The van der Waals surface area contributed by atoms with Gasteiger partial charge in [-0.2, -0.15) is 0 Å². The van der Waals surface area contributed by atoms with Crippen LogP contribution in [0.15, 0.2) is 24.3 Å². The summed E-state index contributed by atoms with van der Waals surface area (Å²) in [5.74, 6) is 5.79. The van der Waals surface area contributed by atoms with E-state index in [2.05, 4.69) is 21.9 Å². The number of carbonyl (C=O) groups is 1. The van der Waals surface area contributed by atoms with Crippen LogP contribution in [-0.2, 0) is 4.74 Å². The van der Waals surface area contributed by atoms with Crippen LogP contribution >= 0.6 is 0 Å². The highest BCUT2D eigenvalue weighted by atomic mass is 16.5. The molecule has 1 aromatic rings. The molecule has 0 saturated carbocycles. The Hall–Kier alpha value is -1.79. The topological polar surface area (TPSA) is 38.3 Å². The summed E-state index contributed by atoms with van der Waals surface area (Å²) < 4.78 is 4.65. The first-order valence-electron chi connectivity index (χ1n) is 5.59. The molecular formula is C14H17NO2. The van der Waals surface area contributed by atoms with Crippen LogP contribution < -0.4 is 5.32 Å². The van der Waals surface area contributed by atoms with Gasteiger partial charge in [-0.1, -0.05) is 17.9 Å². The molecule has 17 heavy (non-hydrogen) atoms. The van der Waals surface area contributed by atoms with Gasteiger partial charge >= 0.3 is 5.97 Å². The van der Waals surface area contributed by atoms with Crippen LogP contribution in [0.2, 0.25) is 0 Å². The molecule has 0 aromatic heterocycles. The number of hydrogen-bond acceptors (Lipinski definition) is 3. The van der Waals surface area contributed by atoms with Crippen molar-refractivity contribution in [2.75, 3.05) is 20.7 Å². The summed E-state index contributed by atoms with van der Waals surface area (Å²) in [5.41, 5.74) is 1.38. The number of nitrogens with one attached hydrogen (secondary N) is 1. The van der Waals surface area contributed by atoms with E-state index in [9.17, 15) is 4.79 Å². The van der Waals surface area contributed by atoms with E-state index in [0.717, 1.165) is 24.9 Å². The highest BCUT2D eigenvalue weighted by molar-refractivity contribution is 5.89. The largest absolute Gasteiger partial charge is 0.465 e. The van der Waals surface area contributed by atoms with Gasteiger partial charge in [-0.25, -0.2) is 4.79 Å². The molecule has 0 aliphatic carbocycles. The van der Waals surface area contributed by atoms with Crippen LogP contribution in [0.25, 0.3) is 0 Å². The first-order valence-corrected chi connectivity index (χ1v) is 5.59. The monoisotopic (exact) mass is 231 g/mol. The van der Waals surface area contributed by atoms with E-state index in [0.29, 0.717) is 5.56 Å². The van der Waals surface area contributed by atoms with Gasteiger partial charge in [0.25, 0.3) is 0 Å². The Balaban J connectivity index is 2.62. The zero-order chi connectivity index (χ0) is 12.5. The summed E-state index contributed by atoms with van der Waals surface area (Å²) in [7, 11) is 3.30. The van der Waals surface area contributed by atoms with Crippen molar-refractivity contribution in [3.8, 4) is 11.8 Å². The first-order chi connectivity index (χ1) is 8.27. The van der Waals surface area contributed by atoms with Crippen molar-refractivity contribution < 1.29 is 9.53 Å². The van der Waals surface area contributed by atoms with Crippen LogP contribution in [0, 0.1) is 11.8 Å². The summed E-state index contributed by atoms with van der Waals surface area (Å²) in [5, 5.41) is 3.07. The molecule has 1 N–H and O–H groups in total. The Morgan fingerprint density at radius 1 is 1.47 bits per heavy atom. The minimum absolute atomic E-state index is 0.330. The van der Waals surface area contributed by atoms with E-state index in [1.165, 1.54) is 7.11 Å². The molecule has 0 bridgehead atoms. The zero-order valence-corrected chi connectivity index (χ0v) is 10.2. The van der Waals surface area contributed by atoms with Gasteiger partial charge in [0.15, 0.2) is 0 Å². The molecule has 0 aliphatic rings. The molecule has 1 rings (SSSR count). The lowest BCUT2D eigenvalue weighted by molar-refractivity contribution is 0.0600. The molecule has 0 aliphatic heterocycles. The lowest BCUT2D eigenvalue weighted by Crippen LogP contribution is -2.06. The Morgan fingerprint density at radius 2 is 2.29 bits per heavy atom. The number of ether oxygens (including phenoxy) is 1. The molecule has 3 heteroatoms. The maximum absolute atomic E-state index is 11.3. The van der Waals surface area contributed by atoms with Crippen LogP contribution in [0.1, 0.15) is 28.8 Å². The van der Waals surface area contributed by atoms with Crippen molar-refractivity contribution in [2.24, 2.45) is 0 Å². The van der Waals surface area contributed by atoms with Crippen molar-refractivity contribution in [1.82, 2.24) is 5.32 Å². The minimum atomic E-state index is -0.330. The number of hydrogen-bond donors (Lipinski definition) is 1. The lowest BCUT2D eigenvalue weighted by Gasteiger charge is -1.98. The van der Waals surface area contributed by atoms with Gasteiger partial charge in [0, 0.05) is 12.0 Å². The number of benzene rings is 1. The number of methoxy groups -OCH3 is 1. The van der Waals surface area contributed by atoms with Crippen LogP contribution in [0.5, 0.6) is 0 Å². The van der Waals surface area contributed by atoms with E-state index in [-0.39, 0.29) is 5.97 Å². The predicted molar refractivity (Wildman–Crippen MR) is 67.8 cm³/mol. The van der Waals surface area contributed by atoms with Crippen molar-refractivity contribution in [3.63, 3.8) is 0 Å². The Labute approximate surface area is 102 Å². The van der Waals surface area contributed by atoms with E-state index in [1.807, 2.05) is 19.2 Å². The molecule has 0 spiro atoms. The van der Waals surface area contributed by atoms with E-state index < -0.39 is 0 Å². The maximum Gasteiger partial charge on any atom is 0.337 e. The molecule has 90 valence electrons. The fraction of sp³-hybridized carbons (Fsp3) is 0.357. The highest BCUT2D eigenvalue weighted by Gasteiger charge is 2.03. The average molecular weight is 231 g/mol. The summed E-state index contributed by atoms with van der Waals surface area (Å²) in [6, 6.07) is 7.16. The summed E-state index contributed by atoms with van der Waals surface area (Å²) >= 11 is 0. The van der Waals surface area contributed by atoms with Crippen molar-refractivity contribution >= 4 is 5.97 Å². The molecular weight excluding hydrogens is 214 g/mol. The van der Waals surface area contributed by atoms with E-state index >= 15 is 0 Å². The fourth-order valence-corrected chi connectivity index (χ4v) is 1.36. The third-order valence-corrected chi connectivity index (χ3v) is 2.24. The quantitative estimate of drug-likeness (QED) is 0.488. The third kappa shape index (κ3) is 4.71. The number of esters is 1. The molecule has 0 atom stereocenters. The van der Waals surface area contributed by atoms with Gasteiger partial charge in [-0.05, 0) is 38.2 Å². The second kappa shape index (κ2) is 7.48. The Bertz CT molecular complexity index is 429. The van der Waals surface area contributed by atoms with Crippen molar-refractivity contribution in [2.45, 2.75) is 12.8 Å². The van der Waals surface area contributed by atoms with Gasteiger partial charge in [0.2, 0.25) is 0 Å². The number of carbonyl (C=O) groups excluding carboxylic acids is 1. The van der Waals surface area contributed by atoms with Crippen LogP contribution in [-0.4, -0.2) is 26.7 Å². The minimum Gasteiger partial charge on any atom is -0.465 e. The smallest absolute Gasteiger partial charge is 0.337 e. The van der Waals surface area contributed by atoms with Gasteiger partial charge in [-0.15, -0.1) is 0 Å². The van der Waals surface area contributed by atoms with Crippen LogP contribution in [0.3, 0.4) is 0 Å². The van der Waals surface area contributed by atoms with Crippen molar-refractivity contribution in [1.29, 1.82) is 0 Å². The summed E-state index contributed by atoms with van der Waals surface area (Å²) in [6.07, 6.45) is 1.88. The van der Waals surface area contributed by atoms with Gasteiger partial charge in [0.1, 0.15) is 0 Å². The maximum atomic E-state index is 11.3. The lowest BCUT2D eigenvalue weighted by atomic mass is 10.1.